The average Bonchev–Trinajstić information content (AvgIpc) is 2.67. The van der Waals surface area contributed by atoms with Gasteiger partial charge >= 0.3 is 0 Å². The minimum atomic E-state index is -0.142. The molecule has 1 heterocycles. The molecular formula is C9H14N4O. The fraction of sp³-hybridized carbons (Fsp3) is 0.444. The van der Waals surface area contributed by atoms with Crippen LogP contribution in [0.1, 0.15) is 19.7 Å². The number of rotatable bonds is 3. The van der Waals surface area contributed by atoms with Crippen LogP contribution in [-0.4, -0.2) is 39.1 Å². The second-order valence-corrected chi connectivity index (χ2v) is 3.32. The summed E-state index contributed by atoms with van der Waals surface area (Å²) in [6, 6.07) is 0.141. The predicted molar refractivity (Wildman–Crippen MR) is 53.3 cm³/mol. The number of amides is 1. The Morgan fingerprint density at radius 1 is 1.64 bits per heavy atom. The number of aromatic nitrogens is 3. The molecular weight excluding hydrogens is 180 g/mol. The van der Waals surface area contributed by atoms with E-state index in [1.54, 1.807) is 11.9 Å². The zero-order valence-electron chi connectivity index (χ0n) is 8.61. The molecule has 1 aromatic heterocycles. The van der Waals surface area contributed by atoms with Gasteiger partial charge in [0, 0.05) is 13.1 Å². The van der Waals surface area contributed by atoms with E-state index in [4.69, 9.17) is 0 Å². The monoisotopic (exact) mass is 194 g/mol. The Labute approximate surface area is 82.8 Å². The summed E-state index contributed by atoms with van der Waals surface area (Å²) in [7, 11) is 1.73. The first-order chi connectivity index (χ1) is 6.54. The molecule has 0 aromatic carbocycles. The Morgan fingerprint density at radius 3 is 2.71 bits per heavy atom. The lowest BCUT2D eigenvalue weighted by Gasteiger charge is -2.21. The van der Waals surface area contributed by atoms with Crippen molar-refractivity contribution in [2.75, 3.05) is 7.05 Å². The highest BCUT2D eigenvalue weighted by molar-refractivity contribution is 6.17. The number of hydrogen-bond donors (Lipinski definition) is 1. The quantitative estimate of drug-likeness (QED) is 0.720. The van der Waals surface area contributed by atoms with E-state index in [1.807, 2.05) is 13.8 Å². The molecule has 0 saturated heterocycles. The van der Waals surface area contributed by atoms with Crippen molar-refractivity contribution in [3.63, 3.8) is 0 Å². The van der Waals surface area contributed by atoms with Gasteiger partial charge in [0.15, 0.2) is 5.82 Å². The van der Waals surface area contributed by atoms with Crippen LogP contribution in [0.2, 0.25) is 0 Å². The van der Waals surface area contributed by atoms with Crippen molar-refractivity contribution in [1.29, 1.82) is 0 Å². The van der Waals surface area contributed by atoms with E-state index in [2.05, 4.69) is 21.8 Å². The first kappa shape index (κ1) is 10.4. The van der Waals surface area contributed by atoms with Crippen LogP contribution in [0.15, 0.2) is 12.9 Å². The SMILES string of the molecule is C=C(C(=O)N(C)C(C)C)c1ncn[nH]1. The van der Waals surface area contributed by atoms with Crippen molar-refractivity contribution in [3.8, 4) is 0 Å². The lowest BCUT2D eigenvalue weighted by molar-refractivity contribution is -0.125. The van der Waals surface area contributed by atoms with Gasteiger partial charge in [-0.05, 0) is 13.8 Å². The van der Waals surface area contributed by atoms with Crippen LogP contribution in [0.3, 0.4) is 0 Å². The van der Waals surface area contributed by atoms with Gasteiger partial charge in [-0.1, -0.05) is 6.58 Å². The zero-order valence-corrected chi connectivity index (χ0v) is 8.61. The van der Waals surface area contributed by atoms with Crippen LogP contribution in [0, 0.1) is 0 Å². The summed E-state index contributed by atoms with van der Waals surface area (Å²) >= 11 is 0. The van der Waals surface area contributed by atoms with E-state index in [9.17, 15) is 4.79 Å². The summed E-state index contributed by atoms with van der Waals surface area (Å²) in [5.41, 5.74) is 0.332. The van der Waals surface area contributed by atoms with Crippen molar-refractivity contribution in [2.24, 2.45) is 0 Å². The van der Waals surface area contributed by atoms with Crippen LogP contribution in [0.25, 0.3) is 5.57 Å². The van der Waals surface area contributed by atoms with Crippen LogP contribution in [-0.2, 0) is 4.79 Å². The number of aromatic amines is 1. The van der Waals surface area contributed by atoms with Crippen molar-refractivity contribution >= 4 is 11.5 Å². The average molecular weight is 194 g/mol. The van der Waals surface area contributed by atoms with Crippen molar-refractivity contribution in [3.05, 3.63) is 18.7 Å². The van der Waals surface area contributed by atoms with Gasteiger partial charge in [-0.2, -0.15) is 5.10 Å². The number of likely N-dealkylation sites (N-methyl/N-ethyl adjacent to an activating group) is 1. The van der Waals surface area contributed by atoms with Gasteiger partial charge in [0.1, 0.15) is 6.33 Å². The largest absolute Gasteiger partial charge is 0.339 e. The molecule has 0 spiro atoms. The van der Waals surface area contributed by atoms with E-state index in [0.717, 1.165) is 0 Å². The summed E-state index contributed by atoms with van der Waals surface area (Å²) in [5, 5.41) is 6.27. The van der Waals surface area contributed by atoms with Crippen LogP contribution < -0.4 is 0 Å². The fourth-order valence-electron chi connectivity index (χ4n) is 0.900. The topological polar surface area (TPSA) is 61.9 Å². The summed E-state index contributed by atoms with van der Waals surface area (Å²) in [4.78, 5) is 17.2. The van der Waals surface area contributed by atoms with Gasteiger partial charge in [-0.25, -0.2) is 4.98 Å². The highest BCUT2D eigenvalue weighted by Gasteiger charge is 2.18. The molecule has 14 heavy (non-hydrogen) atoms. The summed E-state index contributed by atoms with van der Waals surface area (Å²) < 4.78 is 0. The highest BCUT2D eigenvalue weighted by Crippen LogP contribution is 2.10. The fourth-order valence-corrected chi connectivity index (χ4v) is 0.900. The zero-order chi connectivity index (χ0) is 10.7. The standard InChI is InChI=1S/C9H14N4O/c1-6(2)13(4)9(14)7(3)8-10-5-11-12-8/h5-6H,3H2,1-2,4H3,(H,10,11,12). The Hall–Kier alpha value is -1.65. The van der Waals surface area contributed by atoms with Crippen LogP contribution >= 0.6 is 0 Å². The normalized spacial score (nSPS) is 10.3. The number of nitrogens with one attached hydrogen (secondary N) is 1. The van der Waals surface area contributed by atoms with Gasteiger partial charge in [0.25, 0.3) is 5.91 Å². The van der Waals surface area contributed by atoms with Gasteiger partial charge in [0.2, 0.25) is 0 Å². The molecule has 0 saturated carbocycles. The summed E-state index contributed by atoms with van der Waals surface area (Å²) in [6.07, 6.45) is 1.35. The maximum Gasteiger partial charge on any atom is 0.257 e. The molecule has 0 aliphatic carbocycles. The Balaban J connectivity index is 2.76. The van der Waals surface area contributed by atoms with E-state index in [1.165, 1.54) is 6.33 Å². The summed E-state index contributed by atoms with van der Waals surface area (Å²) in [6.45, 7) is 7.55. The number of carbonyl (C=O) groups is 1. The molecule has 1 amide bonds. The Kier molecular flexibility index (Phi) is 3.01. The molecule has 0 bridgehead atoms. The van der Waals surface area contributed by atoms with E-state index >= 15 is 0 Å². The van der Waals surface area contributed by atoms with Crippen LogP contribution in [0.5, 0.6) is 0 Å². The first-order valence-electron chi connectivity index (χ1n) is 4.36. The Morgan fingerprint density at radius 2 is 2.29 bits per heavy atom. The molecule has 0 fully saturated rings. The van der Waals surface area contributed by atoms with Gasteiger partial charge in [-0.15, -0.1) is 0 Å². The van der Waals surface area contributed by atoms with E-state index in [-0.39, 0.29) is 11.9 Å². The van der Waals surface area contributed by atoms with Gasteiger partial charge < -0.3 is 4.90 Å². The molecule has 76 valence electrons. The molecule has 0 atom stereocenters. The summed E-state index contributed by atoms with van der Waals surface area (Å²) in [5.74, 6) is 0.277. The molecule has 1 aromatic rings. The molecule has 5 heteroatoms. The first-order valence-corrected chi connectivity index (χ1v) is 4.36. The minimum Gasteiger partial charge on any atom is -0.339 e. The molecule has 5 nitrogen and oxygen atoms in total. The Bertz CT molecular complexity index is 329. The second kappa shape index (κ2) is 4.04. The molecule has 0 radical (unpaired) electrons. The predicted octanol–water partition coefficient (Wildman–Crippen LogP) is 0.685. The lowest BCUT2D eigenvalue weighted by atomic mass is 10.2. The second-order valence-electron chi connectivity index (χ2n) is 3.32. The van der Waals surface area contributed by atoms with Crippen LogP contribution in [0.4, 0.5) is 0 Å². The van der Waals surface area contributed by atoms with Gasteiger partial charge in [-0.3, -0.25) is 9.89 Å². The lowest BCUT2D eigenvalue weighted by Crippen LogP contribution is -2.33. The smallest absolute Gasteiger partial charge is 0.257 e. The van der Waals surface area contributed by atoms with Crippen molar-refractivity contribution in [1.82, 2.24) is 20.1 Å². The number of H-pyrrole nitrogens is 1. The third-order valence-electron chi connectivity index (χ3n) is 2.05. The number of hydrogen-bond acceptors (Lipinski definition) is 3. The molecule has 0 aliphatic heterocycles. The highest BCUT2D eigenvalue weighted by atomic mass is 16.2. The number of carbonyl (C=O) groups excluding carboxylic acids is 1. The number of nitrogens with zero attached hydrogens (tertiary/aromatic N) is 3. The van der Waals surface area contributed by atoms with Gasteiger partial charge in [0.05, 0.1) is 5.57 Å². The van der Waals surface area contributed by atoms with E-state index in [0.29, 0.717) is 11.4 Å². The minimum absolute atomic E-state index is 0.141. The molecule has 0 aliphatic rings. The third-order valence-corrected chi connectivity index (χ3v) is 2.05. The molecule has 1 N–H and O–H groups in total. The van der Waals surface area contributed by atoms with E-state index < -0.39 is 0 Å². The maximum atomic E-state index is 11.7. The third kappa shape index (κ3) is 1.99. The molecule has 1 rings (SSSR count). The molecule has 0 unspecified atom stereocenters. The van der Waals surface area contributed by atoms with Crippen molar-refractivity contribution < 1.29 is 4.79 Å². The maximum absolute atomic E-state index is 11.7. The van der Waals surface area contributed by atoms with Crippen molar-refractivity contribution in [2.45, 2.75) is 19.9 Å².